The number of furan rings is 1. The van der Waals surface area contributed by atoms with Gasteiger partial charge in [-0.25, -0.2) is 0 Å². The van der Waals surface area contributed by atoms with Crippen molar-refractivity contribution in [3.8, 4) is 11.6 Å². The van der Waals surface area contributed by atoms with Crippen LogP contribution < -0.4 is 5.32 Å². The average Bonchev–Trinajstić information content (AvgIpc) is 2.98. The van der Waals surface area contributed by atoms with Gasteiger partial charge in [0.25, 0.3) is 5.89 Å². The van der Waals surface area contributed by atoms with E-state index < -0.39 is 0 Å². The Hall–Kier alpha value is -1.18. The van der Waals surface area contributed by atoms with E-state index >= 15 is 0 Å². The van der Waals surface area contributed by atoms with Crippen LogP contribution in [0.15, 0.2) is 25.7 Å². The Balaban J connectivity index is 1.82. The van der Waals surface area contributed by atoms with Crippen molar-refractivity contribution < 1.29 is 13.7 Å². The molecule has 0 radical (unpaired) electrons. The maximum atomic E-state index is 5.52. The van der Waals surface area contributed by atoms with E-state index in [2.05, 4.69) is 31.4 Å². The average molecular weight is 300 g/mol. The molecule has 2 aromatic rings. The van der Waals surface area contributed by atoms with Crippen molar-refractivity contribution in [2.45, 2.75) is 6.10 Å². The predicted octanol–water partition coefficient (Wildman–Crippen LogP) is 1.75. The smallest absolute Gasteiger partial charge is 0.257 e. The first-order valence-electron chi connectivity index (χ1n) is 5.24. The molecule has 3 heterocycles. The van der Waals surface area contributed by atoms with Crippen molar-refractivity contribution in [1.82, 2.24) is 15.5 Å². The van der Waals surface area contributed by atoms with Gasteiger partial charge in [0, 0.05) is 13.1 Å². The number of ether oxygens (including phenoxy) is 1. The third-order valence-electron chi connectivity index (χ3n) is 2.44. The molecular weight excluding hydrogens is 290 g/mol. The summed E-state index contributed by atoms with van der Waals surface area (Å²) in [5.74, 6) is 1.47. The maximum Gasteiger partial charge on any atom is 0.257 e. The minimum absolute atomic E-state index is 0.177. The number of halogens is 1. The van der Waals surface area contributed by atoms with Crippen molar-refractivity contribution in [2.75, 3.05) is 19.7 Å². The topological polar surface area (TPSA) is 73.3 Å². The number of rotatable bonds is 2. The summed E-state index contributed by atoms with van der Waals surface area (Å²) in [6, 6.07) is 3.56. The fourth-order valence-electron chi connectivity index (χ4n) is 1.62. The Labute approximate surface area is 105 Å². The molecular formula is C10H10BrN3O3. The molecule has 0 amide bonds. The van der Waals surface area contributed by atoms with Crippen LogP contribution in [0.3, 0.4) is 0 Å². The summed E-state index contributed by atoms with van der Waals surface area (Å²) >= 11 is 3.23. The number of hydrogen-bond acceptors (Lipinski definition) is 6. The summed E-state index contributed by atoms with van der Waals surface area (Å²) in [7, 11) is 0. The van der Waals surface area contributed by atoms with Crippen molar-refractivity contribution in [2.24, 2.45) is 0 Å². The molecule has 1 atom stereocenters. The Morgan fingerprint density at radius 2 is 2.35 bits per heavy atom. The Bertz CT molecular complexity index is 504. The van der Waals surface area contributed by atoms with E-state index in [0.717, 1.165) is 6.54 Å². The third-order valence-corrected chi connectivity index (χ3v) is 2.86. The summed E-state index contributed by atoms with van der Waals surface area (Å²) in [4.78, 5) is 4.26. The van der Waals surface area contributed by atoms with Crippen LogP contribution in [0.1, 0.15) is 12.0 Å². The van der Waals surface area contributed by atoms with E-state index in [0.29, 0.717) is 35.3 Å². The van der Waals surface area contributed by atoms with Crippen LogP contribution >= 0.6 is 15.9 Å². The van der Waals surface area contributed by atoms with Gasteiger partial charge in [-0.15, -0.1) is 0 Å². The minimum atomic E-state index is -0.177. The first-order chi connectivity index (χ1) is 8.33. The van der Waals surface area contributed by atoms with Gasteiger partial charge in [-0.2, -0.15) is 4.98 Å². The molecule has 1 aliphatic rings. The van der Waals surface area contributed by atoms with Gasteiger partial charge in [0.2, 0.25) is 5.82 Å². The molecule has 17 heavy (non-hydrogen) atoms. The normalized spacial score (nSPS) is 20.6. The molecule has 0 unspecified atom stereocenters. The highest BCUT2D eigenvalue weighted by Gasteiger charge is 2.23. The molecule has 6 nitrogen and oxygen atoms in total. The summed E-state index contributed by atoms with van der Waals surface area (Å²) in [5.41, 5.74) is 0. The van der Waals surface area contributed by atoms with Crippen molar-refractivity contribution >= 4 is 15.9 Å². The molecule has 90 valence electrons. The van der Waals surface area contributed by atoms with Crippen molar-refractivity contribution in [3.63, 3.8) is 0 Å². The lowest BCUT2D eigenvalue weighted by atomic mass is 10.3. The van der Waals surface area contributed by atoms with Crippen LogP contribution in [0.2, 0.25) is 0 Å². The predicted molar refractivity (Wildman–Crippen MR) is 61.3 cm³/mol. The van der Waals surface area contributed by atoms with E-state index in [4.69, 9.17) is 13.7 Å². The fraction of sp³-hybridized carbons (Fsp3) is 0.400. The Kier molecular flexibility index (Phi) is 2.96. The van der Waals surface area contributed by atoms with Crippen molar-refractivity contribution in [1.29, 1.82) is 0 Å². The molecule has 0 aromatic carbocycles. The lowest BCUT2D eigenvalue weighted by Gasteiger charge is -2.19. The molecule has 2 aromatic heterocycles. The zero-order valence-electron chi connectivity index (χ0n) is 8.85. The van der Waals surface area contributed by atoms with Crippen LogP contribution in [-0.4, -0.2) is 29.8 Å². The van der Waals surface area contributed by atoms with Gasteiger partial charge in [-0.1, -0.05) is 5.16 Å². The number of aromatic nitrogens is 2. The van der Waals surface area contributed by atoms with Crippen LogP contribution in [0.5, 0.6) is 0 Å². The van der Waals surface area contributed by atoms with Crippen molar-refractivity contribution in [3.05, 3.63) is 22.7 Å². The second-order valence-corrected chi connectivity index (χ2v) is 4.41. The Morgan fingerprint density at radius 1 is 1.41 bits per heavy atom. The van der Waals surface area contributed by atoms with Crippen LogP contribution in [0, 0.1) is 0 Å². The summed E-state index contributed by atoms with van der Waals surface area (Å²) in [6.45, 7) is 2.18. The number of hydrogen-bond donors (Lipinski definition) is 1. The molecule has 0 aliphatic carbocycles. The van der Waals surface area contributed by atoms with E-state index in [1.165, 1.54) is 0 Å². The summed E-state index contributed by atoms with van der Waals surface area (Å²) in [6.07, 6.45) is -0.177. The van der Waals surface area contributed by atoms with Gasteiger partial charge in [0.05, 0.1) is 6.61 Å². The minimum Gasteiger partial charge on any atom is -0.446 e. The van der Waals surface area contributed by atoms with Gasteiger partial charge < -0.3 is 19.0 Å². The molecule has 0 spiro atoms. The van der Waals surface area contributed by atoms with E-state index in [-0.39, 0.29) is 6.10 Å². The molecule has 0 bridgehead atoms. The summed E-state index contributed by atoms with van der Waals surface area (Å²) in [5, 5.41) is 7.07. The van der Waals surface area contributed by atoms with Crippen LogP contribution in [0.25, 0.3) is 11.6 Å². The van der Waals surface area contributed by atoms with Gasteiger partial charge in [-0.3, -0.25) is 0 Å². The molecule has 3 rings (SSSR count). The van der Waals surface area contributed by atoms with Crippen LogP contribution in [0.4, 0.5) is 0 Å². The molecule has 1 saturated heterocycles. The standard InChI is InChI=1S/C10H10BrN3O3/c11-8-2-1-6(16-8)9-13-10(17-14-9)7-5-12-3-4-15-7/h1-2,7,12H,3-5H2/t7-/m1/s1. The third kappa shape index (κ3) is 2.26. The molecule has 0 saturated carbocycles. The highest BCUT2D eigenvalue weighted by atomic mass is 79.9. The van der Waals surface area contributed by atoms with E-state index in [1.807, 2.05) is 0 Å². The SMILES string of the molecule is Brc1ccc(-c2noc([C@H]3CNCCO3)n2)o1. The largest absolute Gasteiger partial charge is 0.446 e. The monoisotopic (exact) mass is 299 g/mol. The first-order valence-corrected chi connectivity index (χ1v) is 6.04. The zero-order valence-corrected chi connectivity index (χ0v) is 10.4. The zero-order chi connectivity index (χ0) is 11.7. The number of nitrogens with zero attached hydrogens (tertiary/aromatic N) is 2. The lowest BCUT2D eigenvalue weighted by Crippen LogP contribution is -2.33. The number of morpholine rings is 1. The van der Waals surface area contributed by atoms with E-state index in [1.54, 1.807) is 12.1 Å². The van der Waals surface area contributed by atoms with Gasteiger partial charge in [0.15, 0.2) is 10.4 Å². The molecule has 1 N–H and O–H groups in total. The summed E-state index contributed by atoms with van der Waals surface area (Å²) < 4.78 is 16.7. The molecule has 7 heteroatoms. The fourth-order valence-corrected chi connectivity index (χ4v) is 1.93. The number of nitrogens with one attached hydrogen (secondary N) is 1. The van der Waals surface area contributed by atoms with E-state index in [9.17, 15) is 0 Å². The maximum absolute atomic E-state index is 5.52. The first kappa shape index (κ1) is 10.9. The molecule has 1 fully saturated rings. The second-order valence-electron chi connectivity index (χ2n) is 3.62. The van der Waals surface area contributed by atoms with Gasteiger partial charge in [-0.05, 0) is 28.1 Å². The van der Waals surface area contributed by atoms with Gasteiger partial charge >= 0.3 is 0 Å². The van der Waals surface area contributed by atoms with Crippen LogP contribution in [-0.2, 0) is 4.74 Å². The van der Waals surface area contributed by atoms with Gasteiger partial charge in [0.1, 0.15) is 6.10 Å². The highest BCUT2D eigenvalue weighted by molar-refractivity contribution is 9.10. The quantitative estimate of drug-likeness (QED) is 0.911. The highest BCUT2D eigenvalue weighted by Crippen LogP contribution is 2.24. The second kappa shape index (κ2) is 4.59. The molecule has 1 aliphatic heterocycles. The Morgan fingerprint density at radius 3 is 3.06 bits per heavy atom. The lowest BCUT2D eigenvalue weighted by molar-refractivity contribution is 0.00755.